The molecule has 2 aromatic carbocycles. The number of anilines is 2. The van der Waals surface area contributed by atoms with Crippen LogP contribution in [0.15, 0.2) is 52.3 Å². The summed E-state index contributed by atoms with van der Waals surface area (Å²) in [6.45, 7) is 5.00. The molecule has 0 heterocycles. The number of carbonyl (C=O) groups is 2. The Morgan fingerprint density at radius 2 is 1.71 bits per heavy atom. The minimum absolute atomic E-state index is 0.0203. The minimum atomic E-state index is -3.97. The number of hydrogen-bond acceptors (Lipinski definition) is 5. The number of para-hydroxylation sites is 1. The number of carbonyl (C=O) groups excluding carboxylic acids is 2. The molecule has 0 aliphatic rings. The van der Waals surface area contributed by atoms with Crippen LogP contribution in [-0.4, -0.2) is 32.5 Å². The van der Waals surface area contributed by atoms with Gasteiger partial charge in [-0.05, 0) is 50.4 Å². The molecule has 0 atom stereocenters. The van der Waals surface area contributed by atoms with E-state index in [2.05, 4.69) is 15.4 Å². The first-order valence-electron chi connectivity index (χ1n) is 8.52. The van der Waals surface area contributed by atoms with E-state index in [0.29, 0.717) is 5.69 Å². The molecule has 7 nitrogen and oxygen atoms in total. The maximum absolute atomic E-state index is 12.9. The molecule has 3 N–H and O–H groups in total. The summed E-state index contributed by atoms with van der Waals surface area (Å²) in [5.41, 5.74) is 0.812. The van der Waals surface area contributed by atoms with Crippen LogP contribution in [0.2, 0.25) is 0 Å². The smallest absolute Gasteiger partial charge is 0.261 e. The highest BCUT2D eigenvalue weighted by molar-refractivity contribution is 7.98. The SMILES string of the molecule is CSc1ccc(S(=O)(=O)Nc2ccccc2C(=O)NC(C)C)cc1NC(C)=O. The van der Waals surface area contributed by atoms with E-state index in [1.807, 2.05) is 20.1 Å². The van der Waals surface area contributed by atoms with E-state index >= 15 is 0 Å². The molecule has 2 rings (SSSR count). The Kier molecular flexibility index (Phi) is 7.09. The lowest BCUT2D eigenvalue weighted by atomic mass is 10.1. The van der Waals surface area contributed by atoms with Crippen molar-refractivity contribution >= 4 is 45.0 Å². The molecule has 0 radical (unpaired) electrons. The first-order valence-corrected chi connectivity index (χ1v) is 11.2. The van der Waals surface area contributed by atoms with Crippen LogP contribution in [0.1, 0.15) is 31.1 Å². The molecule has 0 aliphatic carbocycles. The van der Waals surface area contributed by atoms with Gasteiger partial charge in [-0.2, -0.15) is 0 Å². The van der Waals surface area contributed by atoms with Crippen molar-refractivity contribution < 1.29 is 18.0 Å². The Morgan fingerprint density at radius 1 is 1.04 bits per heavy atom. The van der Waals surface area contributed by atoms with E-state index in [1.54, 1.807) is 24.3 Å². The van der Waals surface area contributed by atoms with Gasteiger partial charge < -0.3 is 10.6 Å². The zero-order valence-corrected chi connectivity index (χ0v) is 17.7. The van der Waals surface area contributed by atoms with Gasteiger partial charge >= 0.3 is 0 Å². The van der Waals surface area contributed by atoms with Gasteiger partial charge in [0.25, 0.3) is 15.9 Å². The van der Waals surface area contributed by atoms with Gasteiger partial charge in [0.15, 0.2) is 0 Å². The average molecular weight is 422 g/mol. The van der Waals surface area contributed by atoms with Crippen molar-refractivity contribution in [2.45, 2.75) is 36.6 Å². The predicted octanol–water partition coefficient (Wildman–Crippen LogP) is 3.31. The summed E-state index contributed by atoms with van der Waals surface area (Å²) < 4.78 is 28.2. The van der Waals surface area contributed by atoms with Gasteiger partial charge in [-0.25, -0.2) is 8.42 Å². The number of benzene rings is 2. The van der Waals surface area contributed by atoms with Crippen LogP contribution in [0.3, 0.4) is 0 Å². The van der Waals surface area contributed by atoms with Gasteiger partial charge in [0.1, 0.15) is 0 Å². The number of amides is 2. The van der Waals surface area contributed by atoms with Crippen LogP contribution in [0.4, 0.5) is 11.4 Å². The Balaban J connectivity index is 2.40. The van der Waals surface area contributed by atoms with Crippen molar-refractivity contribution in [2.24, 2.45) is 0 Å². The zero-order valence-electron chi connectivity index (χ0n) is 16.1. The molecule has 0 saturated carbocycles. The zero-order chi connectivity index (χ0) is 20.9. The fourth-order valence-electron chi connectivity index (χ4n) is 2.46. The van der Waals surface area contributed by atoms with E-state index in [-0.39, 0.29) is 34.0 Å². The number of sulfonamides is 1. The van der Waals surface area contributed by atoms with E-state index in [9.17, 15) is 18.0 Å². The largest absolute Gasteiger partial charge is 0.350 e. The maximum Gasteiger partial charge on any atom is 0.261 e. The normalized spacial score (nSPS) is 11.2. The van der Waals surface area contributed by atoms with Crippen molar-refractivity contribution in [2.75, 3.05) is 16.3 Å². The molecule has 0 aromatic heterocycles. The molecule has 9 heteroatoms. The highest BCUT2D eigenvalue weighted by atomic mass is 32.2. The van der Waals surface area contributed by atoms with Crippen LogP contribution in [-0.2, 0) is 14.8 Å². The summed E-state index contributed by atoms with van der Waals surface area (Å²) in [7, 11) is -3.97. The summed E-state index contributed by atoms with van der Waals surface area (Å²) in [6.07, 6.45) is 1.83. The first-order chi connectivity index (χ1) is 13.1. The van der Waals surface area contributed by atoms with E-state index < -0.39 is 10.0 Å². The monoisotopic (exact) mass is 421 g/mol. The lowest BCUT2D eigenvalue weighted by Crippen LogP contribution is -2.31. The summed E-state index contributed by atoms with van der Waals surface area (Å²) >= 11 is 1.39. The molecular weight excluding hydrogens is 398 g/mol. The van der Waals surface area contributed by atoms with E-state index in [0.717, 1.165) is 4.90 Å². The van der Waals surface area contributed by atoms with Gasteiger partial charge in [-0.15, -0.1) is 11.8 Å². The molecule has 0 fully saturated rings. The predicted molar refractivity (Wildman–Crippen MR) is 112 cm³/mol. The van der Waals surface area contributed by atoms with Crippen LogP contribution < -0.4 is 15.4 Å². The Hall–Kier alpha value is -2.52. The van der Waals surface area contributed by atoms with Gasteiger partial charge in [0.05, 0.1) is 21.8 Å². The first kappa shape index (κ1) is 21.8. The standard InChI is InChI=1S/C19H23N3O4S2/c1-12(2)20-19(24)15-7-5-6-8-16(15)22-28(25,26)14-9-10-18(27-4)17(11-14)21-13(3)23/h5-12,22H,1-4H3,(H,20,24)(H,21,23). The van der Waals surface area contributed by atoms with Gasteiger partial charge in [-0.1, -0.05) is 12.1 Å². The number of rotatable bonds is 7. The fourth-order valence-corrected chi connectivity index (χ4v) is 4.09. The maximum atomic E-state index is 12.9. The lowest BCUT2D eigenvalue weighted by Gasteiger charge is -2.15. The van der Waals surface area contributed by atoms with Crippen LogP contribution in [0.5, 0.6) is 0 Å². The molecule has 0 bridgehead atoms. The molecule has 28 heavy (non-hydrogen) atoms. The third-order valence-corrected chi connectivity index (χ3v) is 5.79. The molecule has 0 aliphatic heterocycles. The average Bonchev–Trinajstić information content (AvgIpc) is 2.60. The van der Waals surface area contributed by atoms with Crippen LogP contribution in [0.25, 0.3) is 0 Å². The second kappa shape index (κ2) is 9.11. The van der Waals surface area contributed by atoms with Crippen molar-refractivity contribution in [3.63, 3.8) is 0 Å². The van der Waals surface area contributed by atoms with Crippen molar-refractivity contribution in [1.29, 1.82) is 0 Å². The molecule has 0 saturated heterocycles. The van der Waals surface area contributed by atoms with Gasteiger partial charge in [-0.3, -0.25) is 14.3 Å². The second-order valence-corrected chi connectivity index (χ2v) is 8.85. The van der Waals surface area contributed by atoms with Crippen molar-refractivity contribution in [3.05, 3.63) is 48.0 Å². The fraction of sp³-hybridized carbons (Fsp3) is 0.263. The molecule has 0 unspecified atom stereocenters. The highest BCUT2D eigenvalue weighted by Gasteiger charge is 2.20. The molecule has 2 amide bonds. The number of thioether (sulfide) groups is 1. The quantitative estimate of drug-likeness (QED) is 0.595. The molecule has 0 spiro atoms. The van der Waals surface area contributed by atoms with Gasteiger partial charge in [0, 0.05) is 17.9 Å². The second-order valence-electron chi connectivity index (χ2n) is 6.32. The highest BCUT2D eigenvalue weighted by Crippen LogP contribution is 2.29. The summed E-state index contributed by atoms with van der Waals surface area (Å²) in [5.74, 6) is -0.668. The Labute approximate surface area is 169 Å². The number of nitrogens with one attached hydrogen (secondary N) is 3. The summed E-state index contributed by atoms with van der Waals surface area (Å²) in [6, 6.07) is 10.8. The van der Waals surface area contributed by atoms with Gasteiger partial charge in [0.2, 0.25) is 5.91 Å². The third-order valence-electron chi connectivity index (χ3n) is 3.63. The number of hydrogen-bond donors (Lipinski definition) is 3. The molecule has 150 valence electrons. The minimum Gasteiger partial charge on any atom is -0.350 e. The molecular formula is C19H23N3O4S2. The van der Waals surface area contributed by atoms with E-state index in [4.69, 9.17) is 0 Å². The van der Waals surface area contributed by atoms with Crippen LogP contribution in [0, 0.1) is 0 Å². The summed E-state index contributed by atoms with van der Waals surface area (Å²) in [4.78, 5) is 24.5. The van der Waals surface area contributed by atoms with Crippen molar-refractivity contribution in [3.8, 4) is 0 Å². The Morgan fingerprint density at radius 3 is 2.32 bits per heavy atom. The topological polar surface area (TPSA) is 104 Å². The van der Waals surface area contributed by atoms with Crippen LogP contribution >= 0.6 is 11.8 Å². The third kappa shape index (κ3) is 5.49. The molecule has 2 aromatic rings. The van der Waals surface area contributed by atoms with E-state index in [1.165, 1.54) is 36.9 Å². The summed E-state index contributed by atoms with van der Waals surface area (Å²) in [5, 5.41) is 5.38. The Bertz CT molecular complexity index is 988. The lowest BCUT2D eigenvalue weighted by molar-refractivity contribution is -0.114. The van der Waals surface area contributed by atoms with Crippen molar-refractivity contribution in [1.82, 2.24) is 5.32 Å².